The van der Waals surface area contributed by atoms with Crippen molar-refractivity contribution in [1.82, 2.24) is 0 Å². The molecule has 1 N–H and O–H groups in total. The second-order valence-electron chi connectivity index (χ2n) is 6.55. The normalized spacial score (nSPS) is 34.8. The number of rotatable bonds is 3. The highest BCUT2D eigenvalue weighted by molar-refractivity contribution is 5.84. The Balaban J connectivity index is 2.16. The van der Waals surface area contributed by atoms with Gasteiger partial charge in [-0.1, -0.05) is 37.3 Å². The third-order valence-electron chi connectivity index (χ3n) is 4.64. The zero-order valence-corrected chi connectivity index (χ0v) is 14.4. The van der Waals surface area contributed by atoms with Crippen molar-refractivity contribution in [3.63, 3.8) is 0 Å². The molecule has 4 atom stereocenters. The fourth-order valence-corrected chi connectivity index (χ4v) is 3.30. The number of fused-ring (bicyclic) bond motifs is 1. The Morgan fingerprint density at radius 2 is 2.08 bits per heavy atom. The van der Waals surface area contributed by atoms with Gasteiger partial charge in [0.2, 0.25) is 0 Å². The van der Waals surface area contributed by atoms with Gasteiger partial charge in [0.15, 0.2) is 0 Å². The quantitative estimate of drug-likeness (QED) is 0.634. The van der Waals surface area contributed by atoms with Gasteiger partial charge in [-0.25, -0.2) is 0 Å². The van der Waals surface area contributed by atoms with Crippen molar-refractivity contribution in [2.45, 2.75) is 64.1 Å². The van der Waals surface area contributed by atoms with Crippen LogP contribution in [0.3, 0.4) is 0 Å². The molecule has 1 fully saturated rings. The standard InChI is InChI=1S/C20H28O4/c1-2-3-6-9-15-12-13-17-16(18(21)14-19(17)22)10-7-4-5-8-11-20(23)24-15/h3-4,6-7,12-13,15-17,19,22H,2,5,8-11,14H2,1H3/b6-3-,7-4-,13-12+/t15-,16+,17+,19+/m0/s1. The van der Waals surface area contributed by atoms with Crippen LogP contribution in [0.2, 0.25) is 0 Å². The van der Waals surface area contributed by atoms with Gasteiger partial charge in [-0.05, 0) is 31.8 Å². The number of hydrogen-bond donors (Lipinski definition) is 1. The molecule has 4 nitrogen and oxygen atoms in total. The summed E-state index contributed by atoms with van der Waals surface area (Å²) in [5.74, 6) is -0.437. The van der Waals surface area contributed by atoms with Gasteiger partial charge in [-0.15, -0.1) is 0 Å². The maximum atomic E-state index is 12.1. The topological polar surface area (TPSA) is 63.6 Å². The van der Waals surface area contributed by atoms with Crippen LogP contribution in [-0.2, 0) is 14.3 Å². The number of hydrogen-bond acceptors (Lipinski definition) is 4. The number of esters is 1. The van der Waals surface area contributed by atoms with Gasteiger partial charge in [0.05, 0.1) is 6.10 Å². The number of carbonyl (C=O) groups excluding carboxylic acids is 2. The van der Waals surface area contributed by atoms with E-state index in [1.54, 1.807) is 0 Å². The van der Waals surface area contributed by atoms with E-state index in [-0.39, 0.29) is 36.1 Å². The first-order valence-electron chi connectivity index (χ1n) is 9.00. The van der Waals surface area contributed by atoms with Crippen molar-refractivity contribution in [2.75, 3.05) is 0 Å². The fourth-order valence-electron chi connectivity index (χ4n) is 3.30. The van der Waals surface area contributed by atoms with Gasteiger partial charge in [0.25, 0.3) is 0 Å². The largest absolute Gasteiger partial charge is 0.458 e. The first-order valence-corrected chi connectivity index (χ1v) is 9.00. The van der Waals surface area contributed by atoms with Crippen molar-refractivity contribution in [1.29, 1.82) is 0 Å². The zero-order chi connectivity index (χ0) is 17.4. The molecule has 0 amide bonds. The van der Waals surface area contributed by atoms with Crippen LogP contribution in [0.1, 0.15) is 51.9 Å². The van der Waals surface area contributed by atoms with E-state index in [4.69, 9.17) is 4.74 Å². The number of Topliss-reactive ketones (excluding diaryl/α,β-unsaturated/α-hetero) is 1. The van der Waals surface area contributed by atoms with Crippen LogP contribution in [0.5, 0.6) is 0 Å². The molecule has 24 heavy (non-hydrogen) atoms. The average molecular weight is 332 g/mol. The Morgan fingerprint density at radius 1 is 1.25 bits per heavy atom. The Morgan fingerprint density at radius 3 is 2.88 bits per heavy atom. The molecule has 0 radical (unpaired) electrons. The summed E-state index contributed by atoms with van der Waals surface area (Å²) in [7, 11) is 0. The maximum Gasteiger partial charge on any atom is 0.306 e. The van der Waals surface area contributed by atoms with Gasteiger partial charge in [-0.2, -0.15) is 0 Å². The van der Waals surface area contributed by atoms with Gasteiger partial charge in [0.1, 0.15) is 11.9 Å². The van der Waals surface area contributed by atoms with Crippen molar-refractivity contribution < 1.29 is 19.4 Å². The summed E-state index contributed by atoms with van der Waals surface area (Å²) in [5.41, 5.74) is 0. The summed E-state index contributed by atoms with van der Waals surface area (Å²) in [6.07, 6.45) is 15.2. The van der Waals surface area contributed by atoms with Crippen LogP contribution in [0.4, 0.5) is 0 Å². The van der Waals surface area contributed by atoms with Crippen molar-refractivity contribution in [2.24, 2.45) is 11.8 Å². The Hall–Kier alpha value is -1.68. The van der Waals surface area contributed by atoms with Crippen molar-refractivity contribution in [3.05, 3.63) is 36.5 Å². The molecule has 0 spiro atoms. The molecule has 0 aromatic rings. The summed E-state index contributed by atoms with van der Waals surface area (Å²) < 4.78 is 5.55. The molecule has 0 saturated heterocycles. The van der Waals surface area contributed by atoms with Gasteiger partial charge in [0, 0.05) is 31.1 Å². The highest BCUT2D eigenvalue weighted by atomic mass is 16.5. The summed E-state index contributed by atoms with van der Waals surface area (Å²) >= 11 is 0. The molecule has 1 aliphatic heterocycles. The van der Waals surface area contributed by atoms with E-state index in [9.17, 15) is 14.7 Å². The van der Waals surface area contributed by atoms with Crippen LogP contribution >= 0.6 is 0 Å². The number of cyclic esters (lactones) is 1. The van der Waals surface area contributed by atoms with Crippen LogP contribution < -0.4 is 0 Å². The lowest BCUT2D eigenvalue weighted by atomic mass is 9.90. The molecule has 0 aromatic heterocycles. The van der Waals surface area contributed by atoms with E-state index >= 15 is 0 Å². The van der Waals surface area contributed by atoms with Crippen LogP contribution in [0.25, 0.3) is 0 Å². The first-order chi connectivity index (χ1) is 11.6. The lowest BCUT2D eigenvalue weighted by Gasteiger charge is -2.18. The summed E-state index contributed by atoms with van der Waals surface area (Å²) in [5, 5.41) is 10.2. The predicted octanol–water partition coefficient (Wildman–Crippen LogP) is 3.51. The lowest BCUT2D eigenvalue weighted by molar-refractivity contribution is -0.146. The monoisotopic (exact) mass is 332 g/mol. The van der Waals surface area contributed by atoms with E-state index in [0.29, 0.717) is 19.3 Å². The number of allylic oxidation sites excluding steroid dienone is 3. The summed E-state index contributed by atoms with van der Waals surface area (Å²) in [4.78, 5) is 24.1. The minimum absolute atomic E-state index is 0.121. The number of aliphatic hydroxyl groups excluding tert-OH is 1. The molecule has 0 bridgehead atoms. The maximum absolute atomic E-state index is 12.1. The smallest absolute Gasteiger partial charge is 0.306 e. The third kappa shape index (κ3) is 5.45. The van der Waals surface area contributed by atoms with Crippen molar-refractivity contribution in [3.8, 4) is 0 Å². The Labute approximate surface area is 144 Å². The molecule has 4 heteroatoms. The molecular formula is C20H28O4. The number of aliphatic hydroxyl groups is 1. The second-order valence-corrected chi connectivity index (χ2v) is 6.55. The molecule has 2 aliphatic rings. The minimum Gasteiger partial charge on any atom is -0.458 e. The van der Waals surface area contributed by atoms with Crippen molar-refractivity contribution >= 4 is 11.8 Å². The van der Waals surface area contributed by atoms with E-state index in [2.05, 4.69) is 6.92 Å². The van der Waals surface area contributed by atoms with Gasteiger partial charge in [-0.3, -0.25) is 9.59 Å². The summed E-state index contributed by atoms with van der Waals surface area (Å²) in [6.45, 7) is 2.06. The highest BCUT2D eigenvalue weighted by Crippen LogP contribution is 2.33. The molecule has 132 valence electrons. The predicted molar refractivity (Wildman–Crippen MR) is 93.3 cm³/mol. The minimum atomic E-state index is -0.639. The fraction of sp³-hybridized carbons (Fsp3) is 0.600. The molecule has 1 aliphatic carbocycles. The average Bonchev–Trinajstić information content (AvgIpc) is 2.81. The number of ketones is 1. The Kier molecular flexibility index (Phi) is 7.44. The van der Waals surface area contributed by atoms with Crippen LogP contribution in [-0.4, -0.2) is 29.1 Å². The zero-order valence-electron chi connectivity index (χ0n) is 14.4. The van der Waals surface area contributed by atoms with Crippen LogP contribution in [0.15, 0.2) is 36.5 Å². The second kappa shape index (κ2) is 9.58. The highest BCUT2D eigenvalue weighted by Gasteiger charge is 2.39. The summed E-state index contributed by atoms with van der Waals surface area (Å²) in [6, 6.07) is 0. The molecule has 0 unspecified atom stereocenters. The van der Waals surface area contributed by atoms with E-state index in [1.165, 1.54) is 0 Å². The molecule has 1 heterocycles. The molecular weight excluding hydrogens is 304 g/mol. The van der Waals surface area contributed by atoms with E-state index in [1.807, 2.05) is 36.5 Å². The molecule has 1 saturated carbocycles. The first kappa shape index (κ1) is 18.7. The SMILES string of the molecule is CC/C=C\C[C@H]1/C=C/[C@H]2[C@H](O)CC(=O)[C@@H]2C/C=C\CCCC(=O)O1. The number of carbonyl (C=O) groups is 2. The Bertz CT molecular complexity index is 518. The number of ether oxygens (including phenoxy) is 1. The molecule has 2 rings (SSSR count). The van der Waals surface area contributed by atoms with E-state index < -0.39 is 6.10 Å². The van der Waals surface area contributed by atoms with Gasteiger partial charge < -0.3 is 9.84 Å². The molecule has 0 aromatic carbocycles. The van der Waals surface area contributed by atoms with Crippen LogP contribution in [0, 0.1) is 11.8 Å². The third-order valence-corrected chi connectivity index (χ3v) is 4.64. The van der Waals surface area contributed by atoms with Gasteiger partial charge >= 0.3 is 5.97 Å². The van der Waals surface area contributed by atoms with E-state index in [0.717, 1.165) is 19.3 Å². The lowest BCUT2D eigenvalue weighted by Crippen LogP contribution is -2.20.